The fraction of sp³-hybridized carbons (Fsp3) is 0.629. The molecule has 3 aromatic rings. The van der Waals surface area contributed by atoms with E-state index in [1.165, 1.54) is 111 Å². The van der Waals surface area contributed by atoms with Crippen molar-refractivity contribution >= 4 is 67.7 Å². The zero-order valence-corrected chi connectivity index (χ0v) is 29.8. The molecule has 0 unspecified atom stereocenters. The van der Waals surface area contributed by atoms with Gasteiger partial charge in [0.2, 0.25) is 7.28 Å². The van der Waals surface area contributed by atoms with Gasteiger partial charge in [0.05, 0.1) is 0 Å². The topological polar surface area (TPSA) is 17.1 Å². The molecule has 0 saturated carbocycles. The molecule has 0 aliphatic carbocycles. The lowest BCUT2D eigenvalue weighted by Crippen LogP contribution is -2.24. The molecule has 3 heterocycles. The Morgan fingerprint density at radius 2 is 1.37 bits per heavy atom. The predicted molar refractivity (Wildman–Crippen MR) is 193 cm³/mol. The van der Waals surface area contributed by atoms with Crippen LogP contribution in [0.4, 0.5) is 0 Å². The van der Waals surface area contributed by atoms with Crippen LogP contribution in [0, 0.1) is 13.8 Å². The van der Waals surface area contributed by atoms with Gasteiger partial charge < -0.3 is 0 Å². The molecule has 0 aliphatic rings. The zero-order chi connectivity index (χ0) is 29.5. The third-order valence-electron chi connectivity index (χ3n) is 7.95. The van der Waals surface area contributed by atoms with Crippen LogP contribution >= 0.6 is 45.8 Å². The van der Waals surface area contributed by atoms with E-state index in [0.717, 1.165) is 25.9 Å². The molecule has 0 aromatic carbocycles. The highest BCUT2D eigenvalue weighted by molar-refractivity contribution is 8.13. The van der Waals surface area contributed by atoms with Crippen LogP contribution in [0.3, 0.4) is 0 Å². The second-order valence-corrected chi connectivity index (χ2v) is 16.9. The molecule has 226 valence electrons. The Kier molecular flexibility index (Phi) is 16.5. The summed E-state index contributed by atoms with van der Waals surface area (Å²) < 4.78 is 3.18. The summed E-state index contributed by atoms with van der Waals surface area (Å²) in [6, 6.07) is 7.56. The quantitative estimate of drug-likeness (QED) is 0.0863. The lowest BCUT2D eigenvalue weighted by atomic mass is 9.72. The van der Waals surface area contributed by atoms with E-state index in [-0.39, 0.29) is 5.12 Å². The Hall–Kier alpha value is -0.815. The Balaban J connectivity index is 1.64. The van der Waals surface area contributed by atoms with Gasteiger partial charge in [-0.3, -0.25) is 4.79 Å². The number of hydrogen-bond acceptors (Lipinski definition) is 5. The normalized spacial score (nSPS) is 11.4. The zero-order valence-electron chi connectivity index (χ0n) is 26.5. The molecular weight excluding hydrogens is 575 g/mol. The standard InChI is InChI=1S/C35H53BOS4/c1-6-8-10-14-19-30-24-34(36-35-31(22-26(3)39-35)20-15-11-9-7-2)41-33(30)25-32-23-29(27(4)40-32)18-16-12-13-17-21-38-28(5)37/h22-24,36H,6-21,25H2,1-5H3. The maximum atomic E-state index is 11.1. The number of rotatable bonds is 21. The number of carbonyl (C=O) groups is 1. The molecule has 0 N–H and O–H groups in total. The minimum absolute atomic E-state index is 0.248. The van der Waals surface area contributed by atoms with Crippen LogP contribution in [0.1, 0.15) is 134 Å². The molecule has 0 saturated heterocycles. The molecule has 0 fully saturated rings. The minimum Gasteiger partial charge on any atom is -0.288 e. The second kappa shape index (κ2) is 19.5. The van der Waals surface area contributed by atoms with Crippen molar-refractivity contribution < 1.29 is 4.79 Å². The summed E-state index contributed by atoms with van der Waals surface area (Å²) in [6.07, 6.45) is 20.4. The summed E-state index contributed by atoms with van der Waals surface area (Å²) in [5.74, 6) is 0.979. The van der Waals surface area contributed by atoms with Gasteiger partial charge in [-0.25, -0.2) is 0 Å². The minimum atomic E-state index is 0.248. The molecule has 0 bridgehead atoms. The molecule has 3 aromatic heterocycles. The Labute approximate surface area is 268 Å². The average Bonchev–Trinajstić information content (AvgIpc) is 3.60. The smallest absolute Gasteiger partial charge is 0.218 e. The van der Waals surface area contributed by atoms with Crippen LogP contribution in [-0.2, 0) is 30.5 Å². The number of thioether (sulfide) groups is 1. The van der Waals surface area contributed by atoms with Gasteiger partial charge in [0.25, 0.3) is 0 Å². The molecule has 0 radical (unpaired) electrons. The van der Waals surface area contributed by atoms with E-state index in [2.05, 4.69) is 57.2 Å². The molecule has 0 aliphatic heterocycles. The van der Waals surface area contributed by atoms with Gasteiger partial charge in [0, 0.05) is 38.6 Å². The largest absolute Gasteiger partial charge is 0.288 e. The number of aryl methyl sites for hydroxylation is 5. The van der Waals surface area contributed by atoms with Gasteiger partial charge >= 0.3 is 0 Å². The lowest BCUT2D eigenvalue weighted by Gasteiger charge is -2.03. The maximum absolute atomic E-state index is 11.1. The third kappa shape index (κ3) is 12.8. The fourth-order valence-corrected chi connectivity index (χ4v) is 9.95. The molecule has 6 heteroatoms. The highest BCUT2D eigenvalue weighted by Crippen LogP contribution is 2.29. The molecule has 1 nitrogen and oxygen atoms in total. The van der Waals surface area contributed by atoms with Crippen molar-refractivity contribution in [1.29, 1.82) is 0 Å². The van der Waals surface area contributed by atoms with E-state index in [4.69, 9.17) is 0 Å². The van der Waals surface area contributed by atoms with Crippen LogP contribution in [0.15, 0.2) is 18.2 Å². The maximum Gasteiger partial charge on any atom is 0.218 e. The van der Waals surface area contributed by atoms with Gasteiger partial charge in [-0.15, -0.1) is 11.3 Å². The van der Waals surface area contributed by atoms with Crippen molar-refractivity contribution in [3.8, 4) is 0 Å². The van der Waals surface area contributed by atoms with Crippen LogP contribution < -0.4 is 9.55 Å². The van der Waals surface area contributed by atoms with Crippen molar-refractivity contribution in [3.63, 3.8) is 0 Å². The Morgan fingerprint density at radius 1 is 0.732 bits per heavy atom. The van der Waals surface area contributed by atoms with Gasteiger partial charge in [-0.05, 0) is 97.2 Å². The summed E-state index contributed by atoms with van der Waals surface area (Å²) in [5.41, 5.74) is 4.79. The van der Waals surface area contributed by atoms with Crippen molar-refractivity contribution in [1.82, 2.24) is 0 Å². The first-order valence-electron chi connectivity index (χ1n) is 16.3. The monoisotopic (exact) mass is 628 g/mol. The van der Waals surface area contributed by atoms with E-state index in [1.54, 1.807) is 42.9 Å². The number of thiophene rings is 3. The molecule has 0 atom stereocenters. The molecule has 3 rings (SSSR count). The van der Waals surface area contributed by atoms with Crippen molar-refractivity contribution in [3.05, 3.63) is 54.4 Å². The molecule has 0 spiro atoms. The van der Waals surface area contributed by atoms with Crippen molar-refractivity contribution in [2.45, 2.75) is 137 Å². The van der Waals surface area contributed by atoms with Gasteiger partial charge in [0.1, 0.15) is 0 Å². The average molecular weight is 629 g/mol. The van der Waals surface area contributed by atoms with E-state index in [0.29, 0.717) is 0 Å². The molecule has 0 amide bonds. The van der Waals surface area contributed by atoms with E-state index < -0.39 is 0 Å². The highest BCUT2D eigenvalue weighted by Gasteiger charge is 2.16. The summed E-state index contributed by atoms with van der Waals surface area (Å²) >= 11 is 7.62. The highest BCUT2D eigenvalue weighted by atomic mass is 32.2. The van der Waals surface area contributed by atoms with E-state index in [1.807, 2.05) is 22.7 Å². The number of carbonyl (C=O) groups excluding carboxylic acids is 1. The Morgan fingerprint density at radius 3 is 2.05 bits per heavy atom. The number of hydrogen-bond donors (Lipinski definition) is 0. The van der Waals surface area contributed by atoms with Crippen molar-refractivity contribution in [2.24, 2.45) is 0 Å². The first-order valence-corrected chi connectivity index (χ1v) is 19.7. The predicted octanol–water partition coefficient (Wildman–Crippen LogP) is 10.1. The summed E-state index contributed by atoms with van der Waals surface area (Å²) in [7, 11) is 1.12. The summed E-state index contributed by atoms with van der Waals surface area (Å²) in [5, 5.41) is 0.248. The summed E-state index contributed by atoms with van der Waals surface area (Å²) in [6.45, 7) is 10.9. The summed E-state index contributed by atoms with van der Waals surface area (Å²) in [4.78, 5) is 17.2. The van der Waals surface area contributed by atoms with Gasteiger partial charge in [-0.2, -0.15) is 22.7 Å². The second-order valence-electron chi connectivity index (χ2n) is 11.7. The third-order valence-corrected chi connectivity index (χ3v) is 12.2. The van der Waals surface area contributed by atoms with Crippen LogP contribution in [0.25, 0.3) is 0 Å². The van der Waals surface area contributed by atoms with E-state index in [9.17, 15) is 4.79 Å². The Bertz CT molecular complexity index is 1170. The van der Waals surface area contributed by atoms with Crippen LogP contribution in [-0.4, -0.2) is 18.1 Å². The van der Waals surface area contributed by atoms with E-state index >= 15 is 0 Å². The fourth-order valence-electron chi connectivity index (χ4n) is 5.66. The SMILES string of the molecule is CCCCCCc1cc(C)sc1Bc1cc(CCCCCC)c(Cc2cc(CCCCCCSC(C)=O)c(C)s2)s1. The number of unbranched alkanes of at least 4 members (excludes halogenated alkanes) is 9. The van der Waals surface area contributed by atoms with Gasteiger partial charge in [-0.1, -0.05) is 83.0 Å². The lowest BCUT2D eigenvalue weighted by molar-refractivity contribution is -0.109. The molecular formula is C35H53BOS4. The van der Waals surface area contributed by atoms with Crippen molar-refractivity contribution in [2.75, 3.05) is 5.75 Å². The first kappa shape index (κ1) is 34.7. The first-order chi connectivity index (χ1) is 19.9. The van der Waals surface area contributed by atoms with Gasteiger partial charge in [0.15, 0.2) is 5.12 Å². The van der Waals surface area contributed by atoms with Crippen LogP contribution in [0.2, 0.25) is 0 Å². The molecule has 41 heavy (non-hydrogen) atoms. The van der Waals surface area contributed by atoms with Crippen LogP contribution in [0.5, 0.6) is 0 Å².